The number of rotatable bonds is 3. The van der Waals surface area contributed by atoms with Crippen LogP contribution in [-0.2, 0) is 0 Å². The van der Waals surface area contributed by atoms with E-state index in [1.54, 1.807) is 25.3 Å². The Bertz CT molecular complexity index is 595. The van der Waals surface area contributed by atoms with Crippen molar-refractivity contribution >= 4 is 0 Å². The fourth-order valence-corrected chi connectivity index (χ4v) is 2.39. The SMILES string of the molecule is COc1cc(C)cc(C)c1C(N)c1ccccc1F. The second-order valence-corrected chi connectivity index (χ2v) is 4.70. The molecular formula is C16H18FNO. The minimum absolute atomic E-state index is 0.294. The van der Waals surface area contributed by atoms with Gasteiger partial charge in [-0.1, -0.05) is 24.3 Å². The fourth-order valence-electron chi connectivity index (χ4n) is 2.39. The van der Waals surface area contributed by atoms with E-state index in [-0.39, 0.29) is 5.82 Å². The highest BCUT2D eigenvalue weighted by Crippen LogP contribution is 2.33. The van der Waals surface area contributed by atoms with Crippen LogP contribution in [0.5, 0.6) is 5.75 Å². The zero-order valence-corrected chi connectivity index (χ0v) is 11.4. The van der Waals surface area contributed by atoms with E-state index in [1.807, 2.05) is 26.0 Å². The van der Waals surface area contributed by atoms with Gasteiger partial charge in [-0.25, -0.2) is 4.39 Å². The summed E-state index contributed by atoms with van der Waals surface area (Å²) in [5.41, 5.74) is 9.64. The number of benzene rings is 2. The Labute approximate surface area is 113 Å². The summed E-state index contributed by atoms with van der Waals surface area (Å²) in [5, 5.41) is 0. The van der Waals surface area contributed by atoms with Crippen molar-refractivity contribution in [2.45, 2.75) is 19.9 Å². The van der Waals surface area contributed by atoms with E-state index in [2.05, 4.69) is 0 Å². The molecule has 0 aliphatic rings. The van der Waals surface area contributed by atoms with Gasteiger partial charge in [0, 0.05) is 11.1 Å². The van der Waals surface area contributed by atoms with Crippen LogP contribution in [0.2, 0.25) is 0 Å². The number of aryl methyl sites for hydroxylation is 2. The quantitative estimate of drug-likeness (QED) is 0.915. The molecule has 2 nitrogen and oxygen atoms in total. The van der Waals surface area contributed by atoms with Crippen molar-refractivity contribution in [2.24, 2.45) is 5.73 Å². The van der Waals surface area contributed by atoms with Crippen LogP contribution in [0.25, 0.3) is 0 Å². The molecule has 0 amide bonds. The minimum Gasteiger partial charge on any atom is -0.496 e. The normalized spacial score (nSPS) is 12.3. The lowest BCUT2D eigenvalue weighted by Gasteiger charge is -2.20. The molecule has 0 fully saturated rings. The fraction of sp³-hybridized carbons (Fsp3) is 0.250. The summed E-state index contributed by atoms with van der Waals surface area (Å²) < 4.78 is 19.2. The highest BCUT2D eigenvalue weighted by Gasteiger charge is 2.19. The smallest absolute Gasteiger partial charge is 0.128 e. The molecule has 2 aromatic carbocycles. The Kier molecular flexibility index (Phi) is 3.86. The van der Waals surface area contributed by atoms with E-state index >= 15 is 0 Å². The number of methoxy groups -OCH3 is 1. The van der Waals surface area contributed by atoms with E-state index in [9.17, 15) is 4.39 Å². The predicted molar refractivity (Wildman–Crippen MR) is 74.9 cm³/mol. The molecule has 0 saturated carbocycles. The van der Waals surface area contributed by atoms with Crippen molar-refractivity contribution in [3.05, 3.63) is 64.5 Å². The van der Waals surface area contributed by atoms with Crippen molar-refractivity contribution in [3.8, 4) is 5.75 Å². The summed E-state index contributed by atoms with van der Waals surface area (Å²) >= 11 is 0. The van der Waals surface area contributed by atoms with Gasteiger partial charge >= 0.3 is 0 Å². The molecule has 1 unspecified atom stereocenters. The van der Waals surface area contributed by atoms with E-state index < -0.39 is 6.04 Å². The summed E-state index contributed by atoms with van der Waals surface area (Å²) in [7, 11) is 1.60. The van der Waals surface area contributed by atoms with Crippen molar-refractivity contribution in [1.29, 1.82) is 0 Å². The van der Waals surface area contributed by atoms with E-state index in [4.69, 9.17) is 10.5 Å². The number of hydrogen-bond donors (Lipinski definition) is 1. The maximum absolute atomic E-state index is 13.9. The molecule has 2 rings (SSSR count). The summed E-state index contributed by atoms with van der Waals surface area (Å²) in [4.78, 5) is 0. The van der Waals surface area contributed by atoms with Gasteiger partial charge in [0.2, 0.25) is 0 Å². The maximum Gasteiger partial charge on any atom is 0.128 e. The van der Waals surface area contributed by atoms with E-state index in [1.165, 1.54) is 6.07 Å². The lowest BCUT2D eigenvalue weighted by Crippen LogP contribution is -2.16. The van der Waals surface area contributed by atoms with Crippen molar-refractivity contribution < 1.29 is 9.13 Å². The third kappa shape index (κ3) is 2.61. The lowest BCUT2D eigenvalue weighted by atomic mass is 9.93. The molecule has 0 bridgehead atoms. The standard InChI is InChI=1S/C16H18FNO/c1-10-8-11(2)15(14(9-10)19-3)16(18)12-6-4-5-7-13(12)17/h4-9,16H,18H2,1-3H3. The van der Waals surface area contributed by atoms with Crippen molar-refractivity contribution in [3.63, 3.8) is 0 Å². The van der Waals surface area contributed by atoms with E-state index in [0.29, 0.717) is 11.3 Å². The molecule has 0 radical (unpaired) electrons. The van der Waals surface area contributed by atoms with Gasteiger partial charge < -0.3 is 10.5 Å². The average Bonchev–Trinajstić information content (AvgIpc) is 2.37. The second-order valence-electron chi connectivity index (χ2n) is 4.70. The number of halogens is 1. The number of hydrogen-bond acceptors (Lipinski definition) is 2. The zero-order chi connectivity index (χ0) is 14.0. The Hall–Kier alpha value is -1.87. The molecule has 0 heterocycles. The third-order valence-electron chi connectivity index (χ3n) is 3.26. The van der Waals surface area contributed by atoms with Crippen LogP contribution in [0.3, 0.4) is 0 Å². The van der Waals surface area contributed by atoms with Gasteiger partial charge in [0.25, 0.3) is 0 Å². The number of nitrogens with two attached hydrogens (primary N) is 1. The first kappa shape index (κ1) is 13.6. The first-order chi connectivity index (χ1) is 9.04. The van der Waals surface area contributed by atoms with Crippen LogP contribution >= 0.6 is 0 Å². The highest BCUT2D eigenvalue weighted by atomic mass is 19.1. The molecule has 2 aromatic rings. The Morgan fingerprint density at radius 2 is 1.84 bits per heavy atom. The molecule has 0 aliphatic heterocycles. The summed E-state index contributed by atoms with van der Waals surface area (Å²) in [5.74, 6) is 0.408. The topological polar surface area (TPSA) is 35.2 Å². The van der Waals surface area contributed by atoms with Gasteiger partial charge in [-0.05, 0) is 37.1 Å². The largest absolute Gasteiger partial charge is 0.496 e. The minimum atomic E-state index is -0.531. The summed E-state index contributed by atoms with van der Waals surface area (Å²) in [6.07, 6.45) is 0. The van der Waals surface area contributed by atoms with Crippen molar-refractivity contribution in [1.82, 2.24) is 0 Å². The summed E-state index contributed by atoms with van der Waals surface area (Å²) in [6.45, 7) is 3.96. The van der Waals surface area contributed by atoms with Crippen LogP contribution in [0, 0.1) is 19.7 Å². The van der Waals surface area contributed by atoms with Gasteiger partial charge in [-0.3, -0.25) is 0 Å². The Balaban J connectivity index is 2.56. The molecule has 0 spiro atoms. The first-order valence-corrected chi connectivity index (χ1v) is 6.19. The highest BCUT2D eigenvalue weighted by molar-refractivity contribution is 5.48. The molecule has 2 N–H and O–H groups in total. The van der Waals surface area contributed by atoms with Gasteiger partial charge in [0.05, 0.1) is 13.2 Å². The second kappa shape index (κ2) is 5.41. The van der Waals surface area contributed by atoms with Crippen LogP contribution < -0.4 is 10.5 Å². The molecule has 100 valence electrons. The Morgan fingerprint density at radius 3 is 2.47 bits per heavy atom. The maximum atomic E-state index is 13.9. The van der Waals surface area contributed by atoms with Crippen LogP contribution in [0.4, 0.5) is 4.39 Å². The molecular weight excluding hydrogens is 241 g/mol. The molecule has 0 aromatic heterocycles. The molecule has 3 heteroatoms. The average molecular weight is 259 g/mol. The Morgan fingerprint density at radius 1 is 1.16 bits per heavy atom. The van der Waals surface area contributed by atoms with Gasteiger partial charge in [-0.2, -0.15) is 0 Å². The van der Waals surface area contributed by atoms with Crippen LogP contribution in [-0.4, -0.2) is 7.11 Å². The van der Waals surface area contributed by atoms with Gasteiger partial charge in [-0.15, -0.1) is 0 Å². The van der Waals surface area contributed by atoms with Crippen molar-refractivity contribution in [2.75, 3.05) is 7.11 Å². The lowest BCUT2D eigenvalue weighted by molar-refractivity contribution is 0.406. The van der Waals surface area contributed by atoms with E-state index in [0.717, 1.165) is 16.7 Å². The van der Waals surface area contributed by atoms with Crippen LogP contribution in [0.1, 0.15) is 28.3 Å². The monoisotopic (exact) mass is 259 g/mol. The molecule has 19 heavy (non-hydrogen) atoms. The molecule has 0 aliphatic carbocycles. The molecule has 0 saturated heterocycles. The summed E-state index contributed by atoms with van der Waals surface area (Å²) in [6, 6.07) is 9.99. The number of ether oxygens (including phenoxy) is 1. The molecule has 1 atom stereocenters. The van der Waals surface area contributed by atoms with Gasteiger partial charge in [0.15, 0.2) is 0 Å². The van der Waals surface area contributed by atoms with Crippen LogP contribution in [0.15, 0.2) is 36.4 Å². The van der Waals surface area contributed by atoms with Gasteiger partial charge in [0.1, 0.15) is 11.6 Å². The zero-order valence-electron chi connectivity index (χ0n) is 11.4. The first-order valence-electron chi connectivity index (χ1n) is 6.19. The third-order valence-corrected chi connectivity index (χ3v) is 3.26. The predicted octanol–water partition coefficient (Wildman–Crippen LogP) is 3.50.